The minimum Gasteiger partial charge on any atom is -0.416 e. The molecular formula is C25H46O3Si. The van der Waals surface area contributed by atoms with Crippen molar-refractivity contribution in [3.8, 4) is 0 Å². The van der Waals surface area contributed by atoms with Crippen LogP contribution in [0, 0.1) is 22.7 Å². The van der Waals surface area contributed by atoms with Gasteiger partial charge in [-0.3, -0.25) is 4.79 Å². The predicted molar refractivity (Wildman–Crippen MR) is 124 cm³/mol. The van der Waals surface area contributed by atoms with E-state index in [1.165, 1.54) is 0 Å². The zero-order chi connectivity index (χ0) is 22.4. The van der Waals surface area contributed by atoms with Crippen molar-refractivity contribution in [1.29, 1.82) is 0 Å². The number of rotatable bonds is 7. The van der Waals surface area contributed by atoms with Crippen molar-refractivity contribution in [2.75, 3.05) is 6.61 Å². The van der Waals surface area contributed by atoms with E-state index in [2.05, 4.69) is 75.3 Å². The number of allylic oxidation sites excluding steroid dienone is 2. The van der Waals surface area contributed by atoms with E-state index >= 15 is 0 Å². The summed E-state index contributed by atoms with van der Waals surface area (Å²) in [5.74, 6) is 0.246. The van der Waals surface area contributed by atoms with Crippen molar-refractivity contribution in [2.24, 2.45) is 22.7 Å². The molecule has 2 aliphatic rings. The van der Waals surface area contributed by atoms with Gasteiger partial charge in [0, 0.05) is 6.61 Å². The molecular weight excluding hydrogens is 376 g/mol. The maximum atomic E-state index is 13.2. The summed E-state index contributed by atoms with van der Waals surface area (Å²) in [4.78, 5) is 13.2. The van der Waals surface area contributed by atoms with E-state index in [4.69, 9.17) is 4.43 Å². The highest BCUT2D eigenvalue weighted by Crippen LogP contribution is 2.60. The van der Waals surface area contributed by atoms with E-state index in [1.807, 2.05) is 0 Å². The minimum atomic E-state index is -1.91. The van der Waals surface area contributed by atoms with Crippen LogP contribution in [0.5, 0.6) is 0 Å². The summed E-state index contributed by atoms with van der Waals surface area (Å²) in [5.41, 5.74) is 2.20. The van der Waals surface area contributed by atoms with Gasteiger partial charge in [-0.1, -0.05) is 67.0 Å². The summed E-state index contributed by atoms with van der Waals surface area (Å²) in [6.07, 6.45) is 4.29. The molecule has 0 aliphatic heterocycles. The third kappa shape index (κ3) is 3.72. The second-order valence-corrected chi connectivity index (χ2v) is 16.7. The van der Waals surface area contributed by atoms with Gasteiger partial charge >= 0.3 is 0 Å². The molecule has 3 nitrogen and oxygen atoms in total. The van der Waals surface area contributed by atoms with Crippen LogP contribution in [0.15, 0.2) is 11.6 Å². The normalized spacial score (nSPS) is 36.0. The molecule has 4 heteroatoms. The second kappa shape index (κ2) is 8.59. The fourth-order valence-electron chi connectivity index (χ4n) is 7.16. The Balaban J connectivity index is 2.33. The highest BCUT2D eigenvalue weighted by atomic mass is 28.4. The van der Waals surface area contributed by atoms with Crippen LogP contribution < -0.4 is 0 Å². The summed E-state index contributed by atoms with van der Waals surface area (Å²) >= 11 is 0. The van der Waals surface area contributed by atoms with Crippen molar-refractivity contribution in [3.63, 3.8) is 0 Å². The number of hydrogen-bond acceptors (Lipinski definition) is 3. The lowest BCUT2D eigenvalue weighted by molar-refractivity contribution is -0.165. The average Bonchev–Trinajstić information content (AvgIpc) is 2.63. The van der Waals surface area contributed by atoms with E-state index in [-0.39, 0.29) is 23.0 Å². The average molecular weight is 423 g/mol. The molecule has 168 valence electrons. The Morgan fingerprint density at radius 1 is 1.14 bits per heavy atom. The molecule has 0 amide bonds. The van der Waals surface area contributed by atoms with Gasteiger partial charge in [0.25, 0.3) is 0 Å². The minimum absolute atomic E-state index is 0.0251. The molecule has 5 atom stereocenters. The Kier molecular flexibility index (Phi) is 7.35. The molecule has 0 aromatic carbocycles. The van der Waals surface area contributed by atoms with Gasteiger partial charge in [0.2, 0.25) is 0 Å². The van der Waals surface area contributed by atoms with Crippen molar-refractivity contribution >= 4 is 14.1 Å². The summed E-state index contributed by atoms with van der Waals surface area (Å²) in [5, 5.41) is 10.9. The molecule has 2 rings (SSSR count). The van der Waals surface area contributed by atoms with Gasteiger partial charge in [-0.25, -0.2) is 0 Å². The van der Waals surface area contributed by atoms with Crippen LogP contribution in [0.2, 0.25) is 16.6 Å². The Morgan fingerprint density at radius 2 is 1.66 bits per heavy atom. The zero-order valence-electron chi connectivity index (χ0n) is 20.6. The van der Waals surface area contributed by atoms with Crippen molar-refractivity contribution < 1.29 is 14.3 Å². The van der Waals surface area contributed by atoms with Crippen LogP contribution in [0.1, 0.15) is 88.5 Å². The van der Waals surface area contributed by atoms with Gasteiger partial charge in [-0.05, 0) is 67.0 Å². The molecule has 0 unspecified atom stereocenters. The molecule has 0 bridgehead atoms. The monoisotopic (exact) mass is 422 g/mol. The first kappa shape index (κ1) is 24.8. The fraction of sp³-hybridized carbons (Fsp3) is 0.880. The summed E-state index contributed by atoms with van der Waals surface area (Å²) in [6.45, 7) is 23.2. The summed E-state index contributed by atoms with van der Waals surface area (Å²) in [7, 11) is -1.91. The van der Waals surface area contributed by atoms with Gasteiger partial charge < -0.3 is 9.53 Å². The van der Waals surface area contributed by atoms with Crippen LogP contribution in [-0.4, -0.2) is 31.9 Å². The van der Waals surface area contributed by atoms with Crippen molar-refractivity contribution in [3.05, 3.63) is 11.6 Å². The molecule has 0 spiro atoms. The number of carbonyl (C=O) groups is 1. The van der Waals surface area contributed by atoms with Crippen LogP contribution in [0.25, 0.3) is 0 Å². The van der Waals surface area contributed by atoms with Crippen LogP contribution in [0.3, 0.4) is 0 Å². The Morgan fingerprint density at radius 3 is 2.14 bits per heavy atom. The molecule has 2 aliphatic carbocycles. The van der Waals surface area contributed by atoms with Gasteiger partial charge in [0.1, 0.15) is 6.10 Å². The molecule has 0 saturated heterocycles. The van der Waals surface area contributed by atoms with Gasteiger partial charge in [-0.2, -0.15) is 0 Å². The lowest BCUT2D eigenvalue weighted by atomic mass is 9.46. The lowest BCUT2D eigenvalue weighted by Crippen LogP contribution is -2.61. The van der Waals surface area contributed by atoms with E-state index in [0.29, 0.717) is 16.6 Å². The zero-order valence-corrected chi connectivity index (χ0v) is 21.6. The summed E-state index contributed by atoms with van der Waals surface area (Å²) < 4.78 is 6.89. The number of carbonyl (C=O) groups excluding carboxylic acids is 1. The second-order valence-electron chi connectivity index (χ2n) is 11.2. The molecule has 29 heavy (non-hydrogen) atoms. The SMILES string of the molecule is CC1=CCC[C@@H]2[C@]1(C)C(=O)[C@H](O)[C@@H](C)[C@@]2(C)CCO[Si](C(C)C)(C(C)C)C(C)C. The maximum Gasteiger partial charge on any atom is 0.200 e. The van der Waals surface area contributed by atoms with Gasteiger partial charge in [-0.15, -0.1) is 0 Å². The smallest absolute Gasteiger partial charge is 0.200 e. The topological polar surface area (TPSA) is 46.5 Å². The number of aliphatic hydroxyl groups is 1. The first-order valence-corrected chi connectivity index (χ1v) is 13.9. The third-order valence-electron chi connectivity index (χ3n) is 9.21. The standard InChI is InChI=1S/C25H46O3Si/c1-16(2)29(17(3)4,18(5)6)28-15-14-24(9)20(8)22(26)23(27)25(10)19(7)12-11-13-21(24)25/h12,16-18,20-22,26H,11,13-15H2,1-10H3/t20-,21+,22-,24-,25-/m1/s1. The number of ketones is 1. The third-order valence-corrected chi connectivity index (χ3v) is 15.3. The summed E-state index contributed by atoms with van der Waals surface area (Å²) in [6, 6.07) is 0. The number of hydrogen-bond donors (Lipinski definition) is 1. The van der Waals surface area contributed by atoms with Crippen LogP contribution >= 0.6 is 0 Å². The van der Waals surface area contributed by atoms with E-state index in [1.54, 1.807) is 0 Å². The van der Waals surface area contributed by atoms with Crippen LogP contribution in [-0.2, 0) is 9.22 Å². The number of fused-ring (bicyclic) bond motifs is 1. The van der Waals surface area contributed by atoms with E-state index < -0.39 is 19.8 Å². The first-order valence-electron chi connectivity index (χ1n) is 11.8. The lowest BCUT2D eigenvalue weighted by Gasteiger charge is -2.58. The highest BCUT2D eigenvalue weighted by Gasteiger charge is 2.61. The first-order chi connectivity index (χ1) is 13.3. The molecule has 0 radical (unpaired) electrons. The van der Waals surface area contributed by atoms with E-state index in [0.717, 1.165) is 31.4 Å². The fourth-order valence-corrected chi connectivity index (χ4v) is 12.6. The van der Waals surface area contributed by atoms with Crippen molar-refractivity contribution in [2.45, 2.75) is 111 Å². The molecule has 0 aromatic rings. The molecule has 1 fully saturated rings. The maximum absolute atomic E-state index is 13.2. The molecule has 0 heterocycles. The highest BCUT2D eigenvalue weighted by molar-refractivity contribution is 6.77. The Bertz CT molecular complexity index is 616. The van der Waals surface area contributed by atoms with Crippen LogP contribution in [0.4, 0.5) is 0 Å². The van der Waals surface area contributed by atoms with Crippen molar-refractivity contribution in [1.82, 2.24) is 0 Å². The Hall–Kier alpha value is -0.453. The number of Topliss-reactive ketones (excluding diaryl/α,β-unsaturated/α-hetero) is 1. The quantitative estimate of drug-likeness (QED) is 0.375. The van der Waals surface area contributed by atoms with E-state index in [9.17, 15) is 9.90 Å². The van der Waals surface area contributed by atoms with Gasteiger partial charge in [0.15, 0.2) is 14.1 Å². The largest absolute Gasteiger partial charge is 0.416 e. The molecule has 0 aromatic heterocycles. The Labute approximate surface area is 180 Å². The molecule has 1 N–H and O–H groups in total. The predicted octanol–water partition coefficient (Wildman–Crippen LogP) is 6.52. The number of aliphatic hydroxyl groups excluding tert-OH is 1. The molecule has 1 saturated carbocycles. The van der Waals surface area contributed by atoms with Gasteiger partial charge in [0.05, 0.1) is 5.41 Å².